The van der Waals surface area contributed by atoms with E-state index in [0.717, 1.165) is 124 Å². The molecule has 0 amide bonds. The number of pyridine rings is 6. The van der Waals surface area contributed by atoms with Crippen LogP contribution in [-0.4, -0.2) is 81.7 Å². The lowest BCUT2D eigenvalue weighted by molar-refractivity contribution is 0.0332. The lowest BCUT2D eigenvalue weighted by Gasteiger charge is -2.34. The molecule has 0 saturated carbocycles. The summed E-state index contributed by atoms with van der Waals surface area (Å²) in [6.45, 7) is 25.3. The number of alkyl halides is 1. The molecule has 1 saturated heterocycles. The highest BCUT2D eigenvalue weighted by Gasteiger charge is 2.37. The predicted octanol–water partition coefficient (Wildman–Crippen LogP) is 17.2. The minimum Gasteiger partial charge on any atom is -0.486 e. The van der Waals surface area contributed by atoms with Gasteiger partial charge in [0.15, 0.2) is 17.3 Å². The van der Waals surface area contributed by atoms with Crippen LogP contribution >= 0.6 is 15.9 Å². The molecule has 101 heavy (non-hydrogen) atoms. The van der Waals surface area contributed by atoms with Gasteiger partial charge in [0.05, 0.1) is 84.0 Å². The first-order chi connectivity index (χ1) is 49.0. The Morgan fingerprint density at radius 2 is 0.752 bits per heavy atom. The summed E-state index contributed by atoms with van der Waals surface area (Å²) in [4.78, 5) is 29.6. The summed E-state index contributed by atoms with van der Waals surface area (Å²) in [5.74, 6) is 5.35. The number of rotatable bonds is 25. The number of nitrogens with zero attached hydrogens (tertiary/aromatic N) is 10. The zero-order valence-electron chi connectivity index (χ0n) is 58.7. The Kier molecular flexibility index (Phi) is 24.2. The minimum atomic E-state index is -0.282. The number of aliphatic hydroxyl groups is 1. The average Bonchev–Trinajstić information content (AvgIpc) is 1.28. The maximum absolute atomic E-state index is 9.21. The standard InChI is InChI=1S/C30H34N4O3.C26H26BrN3O2.C26H27N3O3/c1-22(2)30(3,29-12-11-27(19-32-29)36-21-25-6-4-5-13-31-25)24-9-7-23(8-10-24)28-18-26(33-37-28)20-34-14-16-35-17-15-34;1-18(2)26(3,20-9-7-19(8-10-20)24-14-22(15-27)30-32-24)25-12-11-23(16-29-25)31-17-21-6-4-5-13-28-21;1-18(2)26(3,20-9-7-19(8-10-20)24-14-22(16-30)29-32-24)25-12-11-23(15-28-25)31-17-21-6-4-5-13-27-21/h4-13,18-19,22H,14-17,20-21H2,1-3H3;4-14,16,18H,15,17H2,1-3H3;4-15,18,30H,16-17H2,1-3H3. The SMILES string of the molecule is CC(C)C(C)(c1ccc(-c2cc(CBr)no2)cc1)c1ccc(OCc2ccccn2)cn1.CC(C)C(C)(c1ccc(-c2cc(CN3CCOCC3)no2)cc1)c1ccc(OCc2ccccn2)cn1.CC(C)C(C)(c1ccc(-c2cc(CO)no2)cc1)c1ccc(OCc2ccccn2)cn1. The monoisotopic (exact) mass is 1420 g/mol. The summed E-state index contributed by atoms with van der Waals surface area (Å²) in [7, 11) is 0. The first-order valence-corrected chi connectivity index (χ1v) is 35.3. The van der Waals surface area contributed by atoms with Gasteiger partial charge in [-0.15, -0.1) is 0 Å². The van der Waals surface area contributed by atoms with Crippen LogP contribution in [0.15, 0.2) is 233 Å². The van der Waals surface area contributed by atoms with Crippen molar-refractivity contribution in [2.45, 2.75) is 117 Å². The highest BCUT2D eigenvalue weighted by atomic mass is 79.9. The van der Waals surface area contributed by atoms with Crippen molar-refractivity contribution in [3.8, 4) is 51.2 Å². The van der Waals surface area contributed by atoms with Crippen molar-refractivity contribution >= 4 is 15.9 Å². The van der Waals surface area contributed by atoms with Gasteiger partial charge >= 0.3 is 0 Å². The van der Waals surface area contributed by atoms with E-state index < -0.39 is 0 Å². The van der Waals surface area contributed by atoms with Crippen LogP contribution in [0.3, 0.4) is 0 Å². The summed E-state index contributed by atoms with van der Waals surface area (Å²) in [6.07, 6.45) is 10.7. The van der Waals surface area contributed by atoms with Crippen LogP contribution in [0.1, 0.15) is 130 Å². The quantitative estimate of drug-likeness (QED) is 0.0526. The number of benzene rings is 3. The van der Waals surface area contributed by atoms with E-state index in [2.05, 4.69) is 186 Å². The van der Waals surface area contributed by atoms with E-state index in [-0.39, 0.29) is 22.9 Å². The van der Waals surface area contributed by atoms with E-state index in [1.807, 2.05) is 103 Å². The number of aromatic nitrogens is 9. The zero-order chi connectivity index (χ0) is 70.8. The Balaban J connectivity index is 0.000000153. The van der Waals surface area contributed by atoms with Crippen LogP contribution in [0.25, 0.3) is 34.0 Å². The van der Waals surface area contributed by atoms with Crippen molar-refractivity contribution in [2.24, 2.45) is 17.8 Å². The van der Waals surface area contributed by atoms with Gasteiger partial charge in [0, 0.05) is 94.7 Å². The smallest absolute Gasteiger partial charge is 0.167 e. The molecule has 1 aliphatic rings. The zero-order valence-corrected chi connectivity index (χ0v) is 60.3. The van der Waals surface area contributed by atoms with Crippen molar-refractivity contribution in [1.29, 1.82) is 0 Å². The molecule has 12 aromatic rings. The molecule has 1 N–H and O–H groups in total. The molecule has 10 heterocycles. The Morgan fingerprint density at radius 1 is 0.416 bits per heavy atom. The third-order valence-electron chi connectivity index (χ3n) is 19.4. The van der Waals surface area contributed by atoms with Gasteiger partial charge in [-0.3, -0.25) is 34.8 Å². The second-order valence-electron chi connectivity index (χ2n) is 26.5. The van der Waals surface area contributed by atoms with Gasteiger partial charge < -0.3 is 37.6 Å². The van der Waals surface area contributed by atoms with Crippen LogP contribution in [0, 0.1) is 17.8 Å². The molecule has 1 fully saturated rings. The molecule has 520 valence electrons. The van der Waals surface area contributed by atoms with E-state index in [1.54, 1.807) is 43.2 Å². The first-order valence-electron chi connectivity index (χ1n) is 34.2. The van der Waals surface area contributed by atoms with Crippen molar-refractivity contribution in [1.82, 2.24) is 50.3 Å². The van der Waals surface area contributed by atoms with Gasteiger partial charge in [0.25, 0.3) is 0 Å². The number of halogens is 1. The summed E-state index contributed by atoms with van der Waals surface area (Å²) < 4.78 is 39.5. The molecule has 3 aromatic carbocycles. The van der Waals surface area contributed by atoms with Crippen LogP contribution in [0.5, 0.6) is 17.2 Å². The Bertz CT molecular complexity index is 4280. The Labute approximate surface area is 599 Å². The molecule has 0 bridgehead atoms. The predicted molar refractivity (Wildman–Crippen MR) is 393 cm³/mol. The van der Waals surface area contributed by atoms with Crippen molar-refractivity contribution < 1.29 is 37.6 Å². The number of hydrogen-bond donors (Lipinski definition) is 1. The number of aliphatic hydroxyl groups excluding tert-OH is 1. The molecule has 19 heteroatoms. The lowest BCUT2D eigenvalue weighted by atomic mass is 9.70. The maximum Gasteiger partial charge on any atom is 0.167 e. The maximum atomic E-state index is 9.21. The number of hydrogen-bond acceptors (Lipinski definition) is 18. The number of ether oxygens (including phenoxy) is 4. The van der Waals surface area contributed by atoms with Gasteiger partial charge in [0.1, 0.15) is 42.8 Å². The average molecular weight is 1420 g/mol. The minimum absolute atomic E-state index is 0.139. The van der Waals surface area contributed by atoms with E-state index in [4.69, 9.17) is 47.5 Å². The fourth-order valence-corrected chi connectivity index (χ4v) is 12.3. The second-order valence-corrected chi connectivity index (χ2v) is 27.1. The number of morpholine rings is 1. The molecule has 3 unspecified atom stereocenters. The molecular formula is C82H87BrN10O8. The van der Waals surface area contributed by atoms with Gasteiger partial charge in [-0.05, 0) is 128 Å². The van der Waals surface area contributed by atoms with Crippen LogP contribution in [0.2, 0.25) is 0 Å². The summed E-state index contributed by atoms with van der Waals surface area (Å²) in [5, 5.41) is 22.1. The molecule has 18 nitrogen and oxygen atoms in total. The molecular weight excluding hydrogens is 1330 g/mol. The highest BCUT2D eigenvalue weighted by Crippen LogP contribution is 2.42. The van der Waals surface area contributed by atoms with Crippen molar-refractivity contribution in [2.75, 3.05) is 26.3 Å². The topological polar surface area (TPSA) is 216 Å². The summed E-state index contributed by atoms with van der Waals surface area (Å²) in [5.41, 5.74) is 13.7. The molecule has 0 aliphatic carbocycles. The molecule has 3 atom stereocenters. The van der Waals surface area contributed by atoms with Gasteiger partial charge in [0.2, 0.25) is 0 Å². The van der Waals surface area contributed by atoms with Gasteiger partial charge in [-0.2, -0.15) is 0 Å². The van der Waals surface area contributed by atoms with Crippen LogP contribution in [0.4, 0.5) is 0 Å². The fourth-order valence-electron chi connectivity index (χ4n) is 12.1. The fraction of sp³-hybridized carbons (Fsp3) is 0.305. The normalized spacial score (nSPS) is 14.2. The molecule has 9 aromatic heterocycles. The summed E-state index contributed by atoms with van der Waals surface area (Å²) in [6, 6.07) is 60.5. The van der Waals surface area contributed by atoms with E-state index in [9.17, 15) is 5.11 Å². The molecule has 13 rings (SSSR count). The molecule has 0 spiro atoms. The van der Waals surface area contributed by atoms with Crippen molar-refractivity contribution in [3.05, 3.63) is 287 Å². The lowest BCUT2D eigenvalue weighted by Crippen LogP contribution is -2.35. The Hall–Kier alpha value is -10.1. The summed E-state index contributed by atoms with van der Waals surface area (Å²) >= 11 is 3.41. The van der Waals surface area contributed by atoms with Gasteiger partial charge in [-0.25, -0.2) is 0 Å². The van der Waals surface area contributed by atoms with Crippen LogP contribution in [-0.2, 0) is 59.3 Å². The van der Waals surface area contributed by atoms with Gasteiger partial charge in [-0.1, -0.05) is 164 Å². The second kappa shape index (κ2) is 33.9. The van der Waals surface area contributed by atoms with Crippen LogP contribution < -0.4 is 14.2 Å². The molecule has 0 radical (unpaired) electrons. The first kappa shape index (κ1) is 72.2. The third-order valence-corrected chi connectivity index (χ3v) is 20.0. The van der Waals surface area contributed by atoms with E-state index in [1.165, 1.54) is 11.1 Å². The largest absolute Gasteiger partial charge is 0.486 e. The third kappa shape index (κ3) is 17.8. The van der Waals surface area contributed by atoms with Crippen molar-refractivity contribution in [3.63, 3.8) is 0 Å². The highest BCUT2D eigenvalue weighted by molar-refractivity contribution is 9.08. The Morgan fingerprint density at radius 3 is 1.04 bits per heavy atom. The molecule has 1 aliphatic heterocycles. The van der Waals surface area contributed by atoms with E-state index in [0.29, 0.717) is 60.1 Å². The van der Waals surface area contributed by atoms with E-state index >= 15 is 0 Å².